The van der Waals surface area contributed by atoms with Crippen LogP contribution in [0.4, 0.5) is 5.69 Å². The van der Waals surface area contributed by atoms with Crippen molar-refractivity contribution in [2.75, 3.05) is 6.61 Å². The van der Waals surface area contributed by atoms with Crippen LogP contribution in [0.5, 0.6) is 11.5 Å². The smallest absolute Gasteiger partial charge is 0.349 e. The zero-order valence-electron chi connectivity index (χ0n) is 10.7. The van der Waals surface area contributed by atoms with Gasteiger partial charge in [-0.2, -0.15) is 0 Å². The maximum Gasteiger partial charge on any atom is 0.349 e. The summed E-state index contributed by atoms with van der Waals surface area (Å²) in [5.41, 5.74) is -0.215. The molecule has 2 rings (SSSR count). The van der Waals surface area contributed by atoms with E-state index in [1.807, 2.05) is 0 Å². The molecule has 0 spiro atoms. The monoisotopic (exact) mass is 307 g/mol. The summed E-state index contributed by atoms with van der Waals surface area (Å²) < 4.78 is 10.1. The van der Waals surface area contributed by atoms with Crippen molar-refractivity contribution in [3.63, 3.8) is 0 Å². The van der Waals surface area contributed by atoms with Crippen LogP contribution in [-0.2, 0) is 4.79 Å². The third kappa shape index (κ3) is 4.19. The highest BCUT2D eigenvalue weighted by atomic mass is 35.5. The molecule has 0 amide bonds. The number of nitrogens with zero attached hydrogens (tertiary/aromatic N) is 1. The Labute approximate surface area is 125 Å². The van der Waals surface area contributed by atoms with Gasteiger partial charge in [-0.05, 0) is 24.3 Å². The number of carbonyl (C=O) groups is 1. The lowest BCUT2D eigenvalue weighted by Crippen LogP contribution is -2.18. The van der Waals surface area contributed by atoms with Gasteiger partial charge in [-0.15, -0.1) is 0 Å². The van der Waals surface area contributed by atoms with Gasteiger partial charge < -0.3 is 9.47 Å². The highest BCUT2D eigenvalue weighted by Gasteiger charge is 2.15. The molecule has 0 bridgehead atoms. The minimum absolute atomic E-state index is 0.00513. The summed E-state index contributed by atoms with van der Waals surface area (Å²) in [6, 6.07) is 12.1. The van der Waals surface area contributed by atoms with Gasteiger partial charge in [-0.25, -0.2) is 4.79 Å². The quantitative estimate of drug-likeness (QED) is 0.367. The van der Waals surface area contributed by atoms with Crippen LogP contribution in [-0.4, -0.2) is 17.5 Å². The number of rotatable bonds is 5. The molecule has 0 aromatic heterocycles. The highest BCUT2D eigenvalue weighted by molar-refractivity contribution is 6.30. The predicted molar refractivity (Wildman–Crippen MR) is 75.7 cm³/mol. The summed E-state index contributed by atoms with van der Waals surface area (Å²) in [4.78, 5) is 21.8. The van der Waals surface area contributed by atoms with Gasteiger partial charge in [0.05, 0.1) is 4.92 Å². The molecule has 0 saturated heterocycles. The Balaban J connectivity index is 1.97. The van der Waals surface area contributed by atoms with E-state index in [1.165, 1.54) is 24.3 Å². The van der Waals surface area contributed by atoms with Crippen molar-refractivity contribution in [1.29, 1.82) is 0 Å². The molecular weight excluding hydrogens is 298 g/mol. The summed E-state index contributed by atoms with van der Waals surface area (Å²) in [6.07, 6.45) is 0. The van der Waals surface area contributed by atoms with Gasteiger partial charge >= 0.3 is 11.7 Å². The standard InChI is InChI=1S/C14H10ClNO5/c15-10-4-3-5-11(8-10)21-14(17)9-20-13-7-2-1-6-12(13)16(18)19/h1-8H,9H2. The van der Waals surface area contributed by atoms with E-state index < -0.39 is 17.5 Å². The number of benzene rings is 2. The Morgan fingerprint density at radius 2 is 1.95 bits per heavy atom. The molecule has 0 aliphatic carbocycles. The van der Waals surface area contributed by atoms with Crippen molar-refractivity contribution >= 4 is 23.3 Å². The molecular formula is C14H10ClNO5. The highest BCUT2D eigenvalue weighted by Crippen LogP contribution is 2.25. The molecule has 0 heterocycles. The van der Waals surface area contributed by atoms with E-state index in [-0.39, 0.29) is 17.2 Å². The Morgan fingerprint density at radius 1 is 1.19 bits per heavy atom. The molecule has 108 valence electrons. The molecule has 21 heavy (non-hydrogen) atoms. The van der Waals surface area contributed by atoms with Crippen molar-refractivity contribution in [2.24, 2.45) is 0 Å². The van der Waals surface area contributed by atoms with Crippen LogP contribution in [0.2, 0.25) is 5.02 Å². The molecule has 0 N–H and O–H groups in total. The van der Waals surface area contributed by atoms with Crippen LogP contribution in [0, 0.1) is 10.1 Å². The van der Waals surface area contributed by atoms with E-state index in [4.69, 9.17) is 21.1 Å². The van der Waals surface area contributed by atoms with Crippen molar-refractivity contribution in [3.8, 4) is 11.5 Å². The predicted octanol–water partition coefficient (Wildman–Crippen LogP) is 3.23. The maximum atomic E-state index is 11.6. The average molecular weight is 308 g/mol. The number of ether oxygens (including phenoxy) is 2. The molecule has 2 aromatic rings. The zero-order chi connectivity index (χ0) is 15.2. The van der Waals surface area contributed by atoms with Crippen molar-refractivity contribution in [3.05, 3.63) is 63.7 Å². The van der Waals surface area contributed by atoms with Crippen molar-refractivity contribution < 1.29 is 19.2 Å². The lowest BCUT2D eigenvalue weighted by Gasteiger charge is -2.07. The first-order chi connectivity index (χ1) is 10.1. The van der Waals surface area contributed by atoms with Crippen LogP contribution in [0.25, 0.3) is 0 Å². The lowest BCUT2D eigenvalue weighted by atomic mass is 10.3. The van der Waals surface area contributed by atoms with Crippen LogP contribution in [0.15, 0.2) is 48.5 Å². The first kappa shape index (κ1) is 14.8. The summed E-state index contributed by atoms with van der Waals surface area (Å²) >= 11 is 5.76. The molecule has 0 aliphatic rings. The van der Waals surface area contributed by atoms with Crippen LogP contribution in [0.3, 0.4) is 0 Å². The fourth-order valence-electron chi connectivity index (χ4n) is 1.56. The van der Waals surface area contributed by atoms with Gasteiger partial charge in [0.15, 0.2) is 12.4 Å². The summed E-state index contributed by atoms with van der Waals surface area (Å²) in [5, 5.41) is 11.2. The van der Waals surface area contributed by atoms with Gasteiger partial charge in [0, 0.05) is 11.1 Å². The van der Waals surface area contributed by atoms with Gasteiger partial charge in [-0.1, -0.05) is 29.8 Å². The minimum Gasteiger partial charge on any atom is -0.475 e. The van der Waals surface area contributed by atoms with Gasteiger partial charge in [0.1, 0.15) is 5.75 Å². The topological polar surface area (TPSA) is 78.7 Å². The number of para-hydroxylation sites is 2. The second-order valence-electron chi connectivity index (χ2n) is 3.94. The molecule has 0 aliphatic heterocycles. The van der Waals surface area contributed by atoms with Gasteiger partial charge in [-0.3, -0.25) is 10.1 Å². The number of nitro groups is 1. The van der Waals surface area contributed by atoms with Crippen LogP contribution < -0.4 is 9.47 Å². The third-order valence-electron chi connectivity index (χ3n) is 2.44. The molecule has 0 unspecified atom stereocenters. The Kier molecular flexibility index (Phi) is 4.73. The van der Waals surface area contributed by atoms with E-state index in [0.29, 0.717) is 5.02 Å². The van der Waals surface area contributed by atoms with Gasteiger partial charge in [0.2, 0.25) is 0 Å². The molecule has 0 radical (unpaired) electrons. The molecule has 6 nitrogen and oxygen atoms in total. The van der Waals surface area contributed by atoms with E-state index >= 15 is 0 Å². The first-order valence-corrected chi connectivity index (χ1v) is 6.26. The molecule has 2 aromatic carbocycles. The van der Waals surface area contributed by atoms with Crippen LogP contribution >= 0.6 is 11.6 Å². The van der Waals surface area contributed by atoms with E-state index in [0.717, 1.165) is 0 Å². The molecule has 0 saturated carbocycles. The van der Waals surface area contributed by atoms with Crippen molar-refractivity contribution in [2.45, 2.75) is 0 Å². The van der Waals surface area contributed by atoms with E-state index in [1.54, 1.807) is 24.3 Å². The molecule has 0 atom stereocenters. The Morgan fingerprint density at radius 3 is 2.67 bits per heavy atom. The van der Waals surface area contributed by atoms with Gasteiger partial charge in [0.25, 0.3) is 0 Å². The number of esters is 1. The number of nitro benzene ring substituents is 1. The minimum atomic E-state index is -0.685. The second-order valence-corrected chi connectivity index (χ2v) is 4.38. The maximum absolute atomic E-state index is 11.6. The molecule has 0 fully saturated rings. The fourth-order valence-corrected chi connectivity index (χ4v) is 1.74. The van der Waals surface area contributed by atoms with Crippen LogP contribution in [0.1, 0.15) is 0 Å². The van der Waals surface area contributed by atoms with E-state index in [2.05, 4.69) is 0 Å². The number of halogens is 1. The number of carbonyl (C=O) groups excluding carboxylic acids is 1. The molecule has 7 heteroatoms. The number of hydrogen-bond acceptors (Lipinski definition) is 5. The summed E-state index contributed by atoms with van der Waals surface area (Å²) in [5.74, 6) is -0.403. The van der Waals surface area contributed by atoms with Crippen molar-refractivity contribution in [1.82, 2.24) is 0 Å². The third-order valence-corrected chi connectivity index (χ3v) is 2.67. The second kappa shape index (κ2) is 6.71. The zero-order valence-corrected chi connectivity index (χ0v) is 11.4. The normalized spacial score (nSPS) is 9.95. The van der Waals surface area contributed by atoms with E-state index in [9.17, 15) is 14.9 Å². The summed E-state index contributed by atoms with van der Waals surface area (Å²) in [7, 11) is 0. The number of hydrogen-bond donors (Lipinski definition) is 0. The average Bonchev–Trinajstić information content (AvgIpc) is 2.45. The summed E-state index contributed by atoms with van der Waals surface area (Å²) in [6.45, 7) is -0.447. The fraction of sp³-hybridized carbons (Fsp3) is 0.0714. The first-order valence-electron chi connectivity index (χ1n) is 5.89. The largest absolute Gasteiger partial charge is 0.475 e. The Hall–Kier alpha value is -2.60. The SMILES string of the molecule is O=C(COc1ccccc1[N+](=O)[O-])Oc1cccc(Cl)c1. The lowest BCUT2D eigenvalue weighted by molar-refractivity contribution is -0.385. The Bertz CT molecular complexity index is 674.